The average molecular weight is 184 g/mol. The lowest BCUT2D eigenvalue weighted by Gasteiger charge is -2.18. The van der Waals surface area contributed by atoms with E-state index < -0.39 is 0 Å². The highest BCUT2D eigenvalue weighted by Crippen LogP contribution is 2.32. The molecule has 0 saturated carbocycles. The molecular formula is C14H16. The van der Waals surface area contributed by atoms with Gasteiger partial charge in [0.25, 0.3) is 0 Å². The Morgan fingerprint density at radius 1 is 1.00 bits per heavy atom. The van der Waals surface area contributed by atoms with Gasteiger partial charge in [-0.1, -0.05) is 43.0 Å². The Balaban J connectivity index is 2.40. The van der Waals surface area contributed by atoms with Gasteiger partial charge in [-0.2, -0.15) is 0 Å². The normalized spacial score (nSPS) is 16.9. The summed E-state index contributed by atoms with van der Waals surface area (Å²) in [7, 11) is 0. The largest absolute Gasteiger partial charge is 0.0988 e. The van der Waals surface area contributed by atoms with Crippen LogP contribution in [0.3, 0.4) is 0 Å². The lowest BCUT2D eigenvalue weighted by atomic mass is 9.87. The predicted octanol–water partition coefficient (Wildman–Crippen LogP) is 4.20. The van der Waals surface area contributed by atoms with Crippen LogP contribution in [0.15, 0.2) is 48.6 Å². The molecule has 0 radical (unpaired) electrons. The van der Waals surface area contributed by atoms with E-state index in [4.69, 9.17) is 0 Å². The van der Waals surface area contributed by atoms with Gasteiger partial charge in [0.05, 0.1) is 0 Å². The minimum absolute atomic E-state index is 1.20. The van der Waals surface area contributed by atoms with Crippen molar-refractivity contribution in [3.05, 3.63) is 54.1 Å². The highest BCUT2D eigenvalue weighted by Gasteiger charge is 2.11. The highest BCUT2D eigenvalue weighted by molar-refractivity contribution is 5.71. The van der Waals surface area contributed by atoms with Crippen molar-refractivity contribution in [2.75, 3.05) is 0 Å². The van der Waals surface area contributed by atoms with E-state index >= 15 is 0 Å². The number of allylic oxidation sites excluding steroid dienone is 3. The number of hydrogen-bond acceptors (Lipinski definition) is 0. The first-order valence-electron chi connectivity index (χ1n) is 5.31. The van der Waals surface area contributed by atoms with Crippen LogP contribution in [0.25, 0.3) is 5.57 Å². The standard InChI is InChI=1S/C14H16/c1-2-12-8-6-7-11-14(12)13-9-4-3-5-10-13/h2-5,9-10H,1,6-8,11H2. The molecule has 0 amide bonds. The summed E-state index contributed by atoms with van der Waals surface area (Å²) in [5, 5.41) is 0. The zero-order chi connectivity index (χ0) is 9.80. The maximum absolute atomic E-state index is 3.90. The van der Waals surface area contributed by atoms with Crippen LogP contribution in [0.2, 0.25) is 0 Å². The van der Waals surface area contributed by atoms with Crippen molar-refractivity contribution in [2.45, 2.75) is 25.7 Å². The summed E-state index contributed by atoms with van der Waals surface area (Å²) in [4.78, 5) is 0. The van der Waals surface area contributed by atoms with E-state index in [0.29, 0.717) is 0 Å². The Hall–Kier alpha value is -1.30. The van der Waals surface area contributed by atoms with Crippen molar-refractivity contribution in [2.24, 2.45) is 0 Å². The molecule has 0 atom stereocenters. The molecule has 0 nitrogen and oxygen atoms in total. The maximum Gasteiger partial charge on any atom is -0.0222 e. The molecule has 0 spiro atoms. The van der Waals surface area contributed by atoms with Gasteiger partial charge >= 0.3 is 0 Å². The first-order chi connectivity index (χ1) is 6.92. The van der Waals surface area contributed by atoms with Gasteiger partial charge in [-0.25, -0.2) is 0 Å². The van der Waals surface area contributed by atoms with Gasteiger partial charge in [-0.05, 0) is 42.4 Å². The fraction of sp³-hybridized carbons (Fsp3) is 0.286. The number of benzene rings is 1. The van der Waals surface area contributed by atoms with Crippen LogP contribution < -0.4 is 0 Å². The molecule has 0 bridgehead atoms. The van der Waals surface area contributed by atoms with Crippen LogP contribution in [0.4, 0.5) is 0 Å². The zero-order valence-corrected chi connectivity index (χ0v) is 8.50. The molecule has 0 heterocycles. The molecule has 0 heteroatoms. The summed E-state index contributed by atoms with van der Waals surface area (Å²) >= 11 is 0. The molecule has 1 aliphatic rings. The predicted molar refractivity (Wildman–Crippen MR) is 62.0 cm³/mol. The third-order valence-electron chi connectivity index (χ3n) is 2.88. The summed E-state index contributed by atoms with van der Waals surface area (Å²) in [5.41, 5.74) is 4.33. The Bertz CT molecular complexity index is 344. The summed E-state index contributed by atoms with van der Waals surface area (Å²) in [6.07, 6.45) is 7.08. The molecule has 14 heavy (non-hydrogen) atoms. The fourth-order valence-electron chi connectivity index (χ4n) is 2.12. The second-order valence-electron chi connectivity index (χ2n) is 3.78. The summed E-state index contributed by atoms with van der Waals surface area (Å²) in [5.74, 6) is 0. The molecular weight excluding hydrogens is 168 g/mol. The molecule has 2 rings (SSSR count). The summed E-state index contributed by atoms with van der Waals surface area (Å²) in [6.45, 7) is 3.90. The smallest absolute Gasteiger partial charge is 0.0222 e. The molecule has 72 valence electrons. The van der Waals surface area contributed by atoms with Crippen LogP contribution in [0.1, 0.15) is 31.2 Å². The Morgan fingerprint density at radius 3 is 2.43 bits per heavy atom. The first-order valence-corrected chi connectivity index (χ1v) is 5.31. The average Bonchev–Trinajstić information content (AvgIpc) is 2.30. The van der Waals surface area contributed by atoms with Crippen molar-refractivity contribution in [1.29, 1.82) is 0 Å². The molecule has 1 aromatic carbocycles. The zero-order valence-electron chi connectivity index (χ0n) is 8.50. The quantitative estimate of drug-likeness (QED) is 0.646. The summed E-state index contributed by atoms with van der Waals surface area (Å²) < 4.78 is 0. The Labute approximate surface area is 86.0 Å². The van der Waals surface area contributed by atoms with E-state index in [9.17, 15) is 0 Å². The molecule has 1 aromatic rings. The number of hydrogen-bond donors (Lipinski definition) is 0. The van der Waals surface area contributed by atoms with Gasteiger partial charge in [0, 0.05) is 0 Å². The number of rotatable bonds is 2. The highest BCUT2D eigenvalue weighted by atomic mass is 14.2. The van der Waals surface area contributed by atoms with Gasteiger partial charge in [-0.15, -0.1) is 0 Å². The molecule has 0 N–H and O–H groups in total. The fourth-order valence-corrected chi connectivity index (χ4v) is 2.12. The Morgan fingerprint density at radius 2 is 1.71 bits per heavy atom. The van der Waals surface area contributed by atoms with Crippen LogP contribution in [0, 0.1) is 0 Å². The van der Waals surface area contributed by atoms with E-state index in [1.54, 1.807) is 0 Å². The van der Waals surface area contributed by atoms with Crippen molar-refractivity contribution in [3.8, 4) is 0 Å². The van der Waals surface area contributed by atoms with Gasteiger partial charge in [0.1, 0.15) is 0 Å². The summed E-state index contributed by atoms with van der Waals surface area (Å²) in [6, 6.07) is 10.7. The van der Waals surface area contributed by atoms with Gasteiger partial charge in [0.2, 0.25) is 0 Å². The monoisotopic (exact) mass is 184 g/mol. The van der Waals surface area contributed by atoms with Gasteiger partial charge < -0.3 is 0 Å². The second-order valence-corrected chi connectivity index (χ2v) is 3.78. The first kappa shape index (κ1) is 9.26. The van der Waals surface area contributed by atoms with E-state index in [2.05, 4.69) is 36.9 Å². The topological polar surface area (TPSA) is 0 Å². The molecule has 0 aliphatic heterocycles. The third kappa shape index (κ3) is 1.79. The van der Waals surface area contributed by atoms with E-state index in [0.717, 1.165) is 0 Å². The molecule has 0 saturated heterocycles. The van der Waals surface area contributed by atoms with Gasteiger partial charge in [0.15, 0.2) is 0 Å². The molecule has 1 aliphatic carbocycles. The van der Waals surface area contributed by atoms with Gasteiger partial charge in [-0.3, -0.25) is 0 Å². The SMILES string of the molecule is C=CC1=C(c2ccccc2)CCCC1. The maximum atomic E-state index is 3.90. The lowest BCUT2D eigenvalue weighted by molar-refractivity contribution is 0.724. The molecule has 0 aromatic heterocycles. The minimum atomic E-state index is 1.20. The van der Waals surface area contributed by atoms with Crippen molar-refractivity contribution >= 4 is 5.57 Å². The van der Waals surface area contributed by atoms with Crippen LogP contribution in [-0.4, -0.2) is 0 Å². The van der Waals surface area contributed by atoms with E-state index in [-0.39, 0.29) is 0 Å². The molecule has 0 fully saturated rings. The van der Waals surface area contributed by atoms with E-state index in [1.807, 2.05) is 6.08 Å². The van der Waals surface area contributed by atoms with E-state index in [1.165, 1.54) is 42.4 Å². The second kappa shape index (κ2) is 4.28. The molecule has 0 unspecified atom stereocenters. The lowest BCUT2D eigenvalue weighted by Crippen LogP contribution is -1.97. The van der Waals surface area contributed by atoms with Crippen LogP contribution in [-0.2, 0) is 0 Å². The third-order valence-corrected chi connectivity index (χ3v) is 2.88. The van der Waals surface area contributed by atoms with Crippen molar-refractivity contribution in [1.82, 2.24) is 0 Å². The van der Waals surface area contributed by atoms with Crippen molar-refractivity contribution in [3.63, 3.8) is 0 Å². The van der Waals surface area contributed by atoms with Crippen LogP contribution in [0.5, 0.6) is 0 Å². The minimum Gasteiger partial charge on any atom is -0.0988 e. The van der Waals surface area contributed by atoms with Crippen molar-refractivity contribution < 1.29 is 0 Å². The van der Waals surface area contributed by atoms with Crippen LogP contribution >= 0.6 is 0 Å². The Kier molecular flexibility index (Phi) is 2.83.